The van der Waals surface area contributed by atoms with Crippen LogP contribution in [0.1, 0.15) is 40.0 Å². The number of benzene rings is 2. The van der Waals surface area contributed by atoms with Crippen molar-refractivity contribution in [1.82, 2.24) is 0 Å². The van der Waals surface area contributed by atoms with Gasteiger partial charge in [0.25, 0.3) is 0 Å². The second-order valence-corrected chi connectivity index (χ2v) is 8.39. The second-order valence-electron chi connectivity index (χ2n) is 8.39. The molecule has 3 unspecified atom stereocenters. The zero-order valence-corrected chi connectivity index (χ0v) is 15.2. The van der Waals surface area contributed by atoms with Crippen LogP contribution >= 0.6 is 0 Å². The summed E-state index contributed by atoms with van der Waals surface area (Å²) < 4.78 is 11.5. The monoisotopic (exact) mass is 338 g/mol. The zero-order valence-electron chi connectivity index (χ0n) is 15.2. The van der Waals surface area contributed by atoms with Crippen molar-refractivity contribution in [2.45, 2.75) is 46.1 Å². The number of fused-ring (bicyclic) bond motifs is 3. The molecule has 2 aliphatic carbocycles. The molecule has 2 bridgehead atoms. The third-order valence-corrected chi connectivity index (χ3v) is 7.07. The molecule has 0 spiro atoms. The van der Waals surface area contributed by atoms with Crippen molar-refractivity contribution < 1.29 is 14.3 Å². The quantitative estimate of drug-likeness (QED) is 0.738. The van der Waals surface area contributed by atoms with Crippen LogP contribution in [0.25, 0.3) is 10.8 Å². The molecule has 3 nitrogen and oxygen atoms in total. The van der Waals surface area contributed by atoms with Crippen LogP contribution in [0.3, 0.4) is 0 Å². The van der Waals surface area contributed by atoms with E-state index in [0.717, 1.165) is 23.6 Å². The number of ether oxygens (including phenoxy) is 2. The molecule has 25 heavy (non-hydrogen) atoms. The number of rotatable bonds is 4. The minimum Gasteiger partial charge on any atom is -0.482 e. The Kier molecular flexibility index (Phi) is 3.78. The van der Waals surface area contributed by atoms with Crippen LogP contribution in [0.5, 0.6) is 5.75 Å². The van der Waals surface area contributed by atoms with Gasteiger partial charge < -0.3 is 9.47 Å². The normalized spacial score (nSPS) is 29.7. The van der Waals surface area contributed by atoms with E-state index in [1.165, 1.54) is 6.42 Å². The van der Waals surface area contributed by atoms with Crippen LogP contribution in [0.2, 0.25) is 0 Å². The van der Waals surface area contributed by atoms with E-state index in [1.807, 2.05) is 36.4 Å². The van der Waals surface area contributed by atoms with Crippen molar-refractivity contribution >= 4 is 16.7 Å². The number of carbonyl (C=O) groups excluding carboxylic acids is 1. The molecule has 0 aliphatic heterocycles. The third-order valence-electron chi connectivity index (χ3n) is 7.07. The Bertz CT molecular complexity index is 810. The fourth-order valence-corrected chi connectivity index (χ4v) is 4.90. The standard InChI is InChI=1S/C22H26O3/c1-21(2)17-10-11-22(21,3)19(13-17)25-20(23)14-24-18-9-8-15-6-4-5-7-16(15)12-18/h4-9,12,17,19H,10-11,13-14H2,1-3H3. The van der Waals surface area contributed by atoms with Crippen molar-refractivity contribution in [2.75, 3.05) is 6.61 Å². The Hall–Kier alpha value is -2.03. The summed E-state index contributed by atoms with van der Waals surface area (Å²) in [6.07, 6.45) is 3.42. The number of hydrogen-bond acceptors (Lipinski definition) is 3. The molecule has 0 saturated heterocycles. The molecule has 2 saturated carbocycles. The molecule has 132 valence electrons. The van der Waals surface area contributed by atoms with E-state index in [2.05, 4.69) is 26.8 Å². The van der Waals surface area contributed by atoms with Crippen molar-refractivity contribution in [3.8, 4) is 5.75 Å². The predicted octanol–water partition coefficient (Wildman–Crippen LogP) is 4.98. The molecule has 2 aliphatic rings. The van der Waals surface area contributed by atoms with Gasteiger partial charge in [0.1, 0.15) is 11.9 Å². The summed E-state index contributed by atoms with van der Waals surface area (Å²) in [6.45, 7) is 6.90. The highest BCUT2D eigenvalue weighted by Gasteiger charge is 2.62. The fourth-order valence-electron chi connectivity index (χ4n) is 4.90. The van der Waals surface area contributed by atoms with Crippen LogP contribution < -0.4 is 4.74 Å². The maximum Gasteiger partial charge on any atom is 0.344 e. The lowest BCUT2D eigenvalue weighted by Crippen LogP contribution is -2.39. The van der Waals surface area contributed by atoms with E-state index in [1.54, 1.807) is 0 Å². The summed E-state index contributed by atoms with van der Waals surface area (Å²) in [5, 5.41) is 2.27. The summed E-state index contributed by atoms with van der Waals surface area (Å²) in [7, 11) is 0. The molecule has 2 fully saturated rings. The Morgan fingerprint density at radius 3 is 2.56 bits per heavy atom. The molecular formula is C22H26O3. The van der Waals surface area contributed by atoms with Crippen LogP contribution in [0, 0.1) is 16.7 Å². The van der Waals surface area contributed by atoms with E-state index in [0.29, 0.717) is 11.7 Å². The van der Waals surface area contributed by atoms with E-state index >= 15 is 0 Å². The van der Waals surface area contributed by atoms with Crippen molar-refractivity contribution in [2.24, 2.45) is 16.7 Å². The van der Waals surface area contributed by atoms with Gasteiger partial charge in [-0.2, -0.15) is 0 Å². The maximum absolute atomic E-state index is 12.3. The number of esters is 1. The third kappa shape index (κ3) is 2.61. The van der Waals surface area contributed by atoms with Crippen LogP contribution in [0.4, 0.5) is 0 Å². The van der Waals surface area contributed by atoms with Crippen molar-refractivity contribution in [1.29, 1.82) is 0 Å². The lowest BCUT2D eigenvalue weighted by Gasteiger charge is -2.38. The molecule has 2 aromatic rings. The van der Waals surface area contributed by atoms with Crippen LogP contribution in [-0.2, 0) is 9.53 Å². The first-order valence-electron chi connectivity index (χ1n) is 9.21. The van der Waals surface area contributed by atoms with E-state index in [9.17, 15) is 4.79 Å². The van der Waals surface area contributed by atoms with E-state index < -0.39 is 0 Å². The highest BCUT2D eigenvalue weighted by Crippen LogP contribution is 2.66. The smallest absolute Gasteiger partial charge is 0.344 e. The summed E-state index contributed by atoms with van der Waals surface area (Å²) >= 11 is 0. The first-order valence-corrected chi connectivity index (χ1v) is 9.21. The Morgan fingerprint density at radius 1 is 1.12 bits per heavy atom. The van der Waals surface area contributed by atoms with Gasteiger partial charge in [-0.3, -0.25) is 0 Å². The molecule has 3 heteroatoms. The fraction of sp³-hybridized carbons (Fsp3) is 0.500. The molecule has 0 radical (unpaired) electrons. The summed E-state index contributed by atoms with van der Waals surface area (Å²) in [4.78, 5) is 12.3. The molecule has 4 rings (SSSR count). The molecule has 2 aromatic carbocycles. The maximum atomic E-state index is 12.3. The van der Waals surface area contributed by atoms with Crippen LogP contribution in [0.15, 0.2) is 42.5 Å². The van der Waals surface area contributed by atoms with Crippen molar-refractivity contribution in [3.05, 3.63) is 42.5 Å². The molecule has 0 amide bonds. The van der Waals surface area contributed by atoms with E-state index in [-0.39, 0.29) is 29.5 Å². The van der Waals surface area contributed by atoms with Gasteiger partial charge in [0, 0.05) is 5.41 Å². The van der Waals surface area contributed by atoms with Gasteiger partial charge in [0.05, 0.1) is 0 Å². The van der Waals surface area contributed by atoms with Crippen molar-refractivity contribution in [3.63, 3.8) is 0 Å². The Labute approximate surface area is 149 Å². The van der Waals surface area contributed by atoms with Gasteiger partial charge in [-0.1, -0.05) is 51.1 Å². The molecular weight excluding hydrogens is 312 g/mol. The first kappa shape index (κ1) is 16.4. The SMILES string of the molecule is CC1(C)C2CCC1(C)C(OC(=O)COc1ccc3ccccc3c1)C2. The van der Waals surface area contributed by atoms with Gasteiger partial charge >= 0.3 is 5.97 Å². The van der Waals surface area contributed by atoms with Gasteiger partial charge in [-0.25, -0.2) is 4.79 Å². The summed E-state index contributed by atoms with van der Waals surface area (Å²) in [5.74, 6) is 1.11. The molecule has 0 N–H and O–H groups in total. The van der Waals surface area contributed by atoms with E-state index in [4.69, 9.17) is 9.47 Å². The highest BCUT2D eigenvalue weighted by molar-refractivity contribution is 5.83. The number of carbonyl (C=O) groups is 1. The molecule has 3 atom stereocenters. The lowest BCUT2D eigenvalue weighted by molar-refractivity contribution is -0.159. The average molecular weight is 338 g/mol. The Balaban J connectivity index is 1.38. The largest absolute Gasteiger partial charge is 0.482 e. The van der Waals surface area contributed by atoms with Gasteiger partial charge in [-0.05, 0) is 53.5 Å². The minimum atomic E-state index is -0.261. The molecule has 0 heterocycles. The van der Waals surface area contributed by atoms with Gasteiger partial charge in [0.2, 0.25) is 0 Å². The number of hydrogen-bond donors (Lipinski definition) is 0. The minimum absolute atomic E-state index is 0.0222. The first-order chi connectivity index (χ1) is 11.9. The lowest BCUT2D eigenvalue weighted by atomic mass is 9.70. The highest BCUT2D eigenvalue weighted by atomic mass is 16.6. The topological polar surface area (TPSA) is 35.5 Å². The summed E-state index contributed by atoms with van der Waals surface area (Å²) in [6, 6.07) is 14.0. The zero-order chi connectivity index (χ0) is 17.7. The molecule has 0 aromatic heterocycles. The summed E-state index contributed by atoms with van der Waals surface area (Å²) in [5.41, 5.74) is 0.341. The average Bonchev–Trinajstić information content (AvgIpc) is 2.93. The Morgan fingerprint density at radius 2 is 1.88 bits per heavy atom. The second kappa shape index (κ2) is 5.76. The van der Waals surface area contributed by atoms with Crippen LogP contribution in [-0.4, -0.2) is 18.7 Å². The van der Waals surface area contributed by atoms with Gasteiger partial charge in [-0.15, -0.1) is 0 Å². The van der Waals surface area contributed by atoms with Gasteiger partial charge in [0.15, 0.2) is 6.61 Å². The predicted molar refractivity (Wildman–Crippen MR) is 98.6 cm³/mol.